The Labute approximate surface area is 244 Å². The third-order valence-electron chi connectivity index (χ3n) is 7.88. The molecule has 2 atom stereocenters. The van der Waals surface area contributed by atoms with Crippen molar-refractivity contribution < 1.29 is 28.2 Å². The summed E-state index contributed by atoms with van der Waals surface area (Å²) in [7, 11) is 0. The molecule has 208 valence electrons. The monoisotopic (exact) mass is 583 g/mol. The summed E-state index contributed by atoms with van der Waals surface area (Å²) in [6.07, 6.45) is 4.15. The van der Waals surface area contributed by atoms with Crippen LogP contribution in [0, 0.1) is 0 Å². The number of halogens is 1. The number of imidazole rings is 1. The fourth-order valence-corrected chi connectivity index (χ4v) is 6.67. The lowest BCUT2D eigenvalue weighted by Gasteiger charge is -2.33. The van der Waals surface area contributed by atoms with Gasteiger partial charge in [-0.05, 0) is 62.5 Å². The Morgan fingerprint density at radius 1 is 1.25 bits per heavy atom. The van der Waals surface area contributed by atoms with Crippen molar-refractivity contribution in [2.24, 2.45) is 0 Å². The van der Waals surface area contributed by atoms with Gasteiger partial charge in [0, 0.05) is 29.3 Å². The van der Waals surface area contributed by atoms with Gasteiger partial charge in [-0.15, -0.1) is 11.3 Å². The zero-order valence-corrected chi connectivity index (χ0v) is 23.1. The van der Waals surface area contributed by atoms with Crippen LogP contribution in [0.25, 0.3) is 10.3 Å². The van der Waals surface area contributed by atoms with E-state index in [-0.39, 0.29) is 22.6 Å². The van der Waals surface area contributed by atoms with Gasteiger partial charge in [-0.25, -0.2) is 9.78 Å². The summed E-state index contributed by atoms with van der Waals surface area (Å²) in [6.45, 7) is 0.994. The summed E-state index contributed by atoms with van der Waals surface area (Å²) < 4.78 is 45.0. The van der Waals surface area contributed by atoms with Crippen molar-refractivity contribution in [1.29, 1.82) is 0 Å². The molecule has 6 heterocycles. The number of carbonyl (C=O) groups is 1. The number of fused-ring (bicyclic) bond motifs is 2. The van der Waals surface area contributed by atoms with Crippen LogP contribution >= 0.6 is 22.9 Å². The van der Waals surface area contributed by atoms with Crippen molar-refractivity contribution >= 4 is 39.3 Å². The molecule has 0 saturated carbocycles. The fraction of sp³-hybridized carbons (Fsp3) is 0.414. The van der Waals surface area contributed by atoms with Crippen LogP contribution in [0.1, 0.15) is 62.9 Å². The molecule has 0 amide bonds. The number of para-hydroxylation sites is 1. The second-order valence-electron chi connectivity index (χ2n) is 10.4. The number of aromatic carboxylic acids is 1. The van der Waals surface area contributed by atoms with E-state index in [1.54, 1.807) is 18.2 Å². The van der Waals surface area contributed by atoms with Crippen LogP contribution in [0.3, 0.4) is 0 Å². The Morgan fingerprint density at radius 2 is 2.10 bits per heavy atom. The molecule has 1 aromatic carbocycles. The number of carboxylic acid groups (broad SMARTS) is 1. The molecule has 2 fully saturated rings. The Kier molecular flexibility index (Phi) is 5.64. The number of rotatable bonds is 7. The highest BCUT2D eigenvalue weighted by Crippen LogP contribution is 2.49. The van der Waals surface area contributed by atoms with Crippen LogP contribution in [0.5, 0.6) is 11.5 Å². The molecule has 40 heavy (non-hydrogen) atoms. The van der Waals surface area contributed by atoms with Crippen LogP contribution < -0.4 is 9.47 Å². The first-order chi connectivity index (χ1) is 20.6. The van der Waals surface area contributed by atoms with Crippen LogP contribution in [-0.4, -0.2) is 56.3 Å². The molecule has 2 saturated heterocycles. The van der Waals surface area contributed by atoms with Gasteiger partial charge in [0.05, 0.1) is 29.7 Å². The molecule has 7 rings (SSSR count). The minimum Gasteiger partial charge on any atom is -0.477 e. The third-order valence-corrected chi connectivity index (χ3v) is 9.11. The second kappa shape index (κ2) is 10.0. The molecule has 3 aromatic heterocycles. The molecule has 3 aliphatic heterocycles. The summed E-state index contributed by atoms with van der Waals surface area (Å²) in [5.74, 6) is -1.13. The van der Waals surface area contributed by atoms with E-state index in [2.05, 4.69) is 14.5 Å². The maximum absolute atomic E-state index is 11.5. The lowest BCUT2D eigenvalue weighted by atomic mass is 9.88. The summed E-state index contributed by atoms with van der Waals surface area (Å²) in [5, 5.41) is 9.85. The van der Waals surface area contributed by atoms with Crippen molar-refractivity contribution in [2.45, 2.75) is 57.0 Å². The molecule has 0 aliphatic carbocycles. The van der Waals surface area contributed by atoms with Crippen molar-refractivity contribution in [3.63, 3.8) is 0 Å². The largest absolute Gasteiger partial charge is 0.477 e. The number of thiophene rings is 1. The maximum atomic E-state index is 11.5. The summed E-state index contributed by atoms with van der Waals surface area (Å²) in [5.41, 5.74) is 1.89. The van der Waals surface area contributed by atoms with E-state index >= 15 is 0 Å². The molecule has 0 bridgehead atoms. The van der Waals surface area contributed by atoms with E-state index in [9.17, 15) is 9.90 Å². The van der Waals surface area contributed by atoms with Gasteiger partial charge in [0.1, 0.15) is 21.2 Å². The van der Waals surface area contributed by atoms with Crippen LogP contribution in [0.2, 0.25) is 5.02 Å². The zero-order valence-electron chi connectivity index (χ0n) is 24.5. The van der Waals surface area contributed by atoms with Gasteiger partial charge < -0.3 is 23.9 Å². The van der Waals surface area contributed by atoms with Gasteiger partial charge in [-0.2, -0.15) is 0 Å². The Hall–Kier alpha value is -3.18. The van der Waals surface area contributed by atoms with Gasteiger partial charge in [0.2, 0.25) is 0 Å². The molecule has 3 aliphatic rings. The van der Waals surface area contributed by atoms with Gasteiger partial charge in [0.15, 0.2) is 11.5 Å². The molecule has 0 radical (unpaired) electrons. The van der Waals surface area contributed by atoms with E-state index < -0.39 is 18.6 Å². The first kappa shape index (κ1) is 22.5. The Balaban J connectivity index is 1.09. The Morgan fingerprint density at radius 3 is 2.80 bits per heavy atom. The molecule has 11 heteroatoms. The zero-order chi connectivity index (χ0) is 29.9. The van der Waals surface area contributed by atoms with Crippen molar-refractivity contribution in [2.75, 3.05) is 19.7 Å². The first-order valence-corrected chi connectivity index (χ1v) is 14.5. The van der Waals surface area contributed by atoms with E-state index in [0.29, 0.717) is 29.6 Å². The lowest BCUT2D eigenvalue weighted by molar-refractivity contribution is -0.0722. The predicted molar refractivity (Wildman–Crippen MR) is 150 cm³/mol. The summed E-state index contributed by atoms with van der Waals surface area (Å²) >= 11 is 7.21. The van der Waals surface area contributed by atoms with Crippen molar-refractivity contribution in [3.8, 4) is 11.5 Å². The number of nitrogens with zero attached hydrogens (tertiary/aromatic N) is 4. The molecule has 0 unspecified atom stereocenters. The van der Waals surface area contributed by atoms with Crippen molar-refractivity contribution in [1.82, 2.24) is 19.4 Å². The highest BCUT2D eigenvalue weighted by atomic mass is 35.5. The van der Waals surface area contributed by atoms with Crippen LogP contribution in [0.15, 0.2) is 42.6 Å². The normalized spacial score (nSPS) is 24.4. The second-order valence-corrected chi connectivity index (χ2v) is 11.9. The predicted octanol–water partition coefficient (Wildman–Crippen LogP) is 5.66. The minimum absolute atomic E-state index is 0.113. The topological polar surface area (TPSA) is 98.9 Å². The number of aromatic nitrogens is 3. The average molecular weight is 584 g/mol. The first-order valence-electron chi connectivity index (χ1n) is 14.8. The number of carboxylic acids is 1. The molecular weight excluding hydrogens is 552 g/mol. The Bertz CT molecular complexity index is 1680. The van der Waals surface area contributed by atoms with Gasteiger partial charge in [-0.1, -0.05) is 23.7 Å². The van der Waals surface area contributed by atoms with E-state index in [0.717, 1.165) is 60.7 Å². The number of likely N-dealkylation sites (tertiary alicyclic amines) is 1. The lowest BCUT2D eigenvalue weighted by Crippen LogP contribution is -2.35. The maximum Gasteiger partial charge on any atom is 0.346 e. The number of pyridine rings is 1. The SMILES string of the molecule is [2H]C([2H])([2H])[C@@]1(c2ccc(Cl)cn2)Oc2cccc(C3CCN(Cc4nc5sc(C(=O)O)cc5n4C[C@@H]4CCO4)CC3)c2O1. The number of piperidine rings is 1. The molecule has 1 N–H and O–H groups in total. The van der Waals surface area contributed by atoms with Gasteiger partial charge in [-0.3, -0.25) is 9.88 Å². The van der Waals surface area contributed by atoms with E-state index in [1.165, 1.54) is 23.6 Å². The van der Waals surface area contributed by atoms with Crippen LogP contribution in [0.4, 0.5) is 0 Å². The molecular formula is C29H29ClN4O5S. The summed E-state index contributed by atoms with van der Waals surface area (Å²) in [4.78, 5) is 24.0. The number of benzene rings is 1. The smallest absolute Gasteiger partial charge is 0.346 e. The third kappa shape index (κ3) is 4.62. The standard InChI is InChI=1S/C29H29ClN4O5S/c1-29(24-6-5-18(30)14-31-24)38-22-4-2-3-20(26(22)39-29)17-7-10-33(11-8-17)16-25-32-27-21(13-23(40-27)28(35)36)34(25)15-19-9-12-37-19/h2-6,13-14,17,19H,7-12,15-16H2,1H3,(H,35,36)/t19-,29+/m0/s1/i1D3. The minimum atomic E-state index is -2.65. The van der Waals surface area contributed by atoms with Gasteiger partial charge in [0.25, 0.3) is 5.79 Å². The van der Waals surface area contributed by atoms with Crippen LogP contribution in [-0.2, 0) is 23.6 Å². The average Bonchev–Trinajstić information content (AvgIpc) is 3.63. The van der Waals surface area contributed by atoms with E-state index in [4.69, 9.17) is 34.9 Å². The molecule has 9 nitrogen and oxygen atoms in total. The number of ether oxygens (including phenoxy) is 3. The molecule has 0 spiro atoms. The highest BCUT2D eigenvalue weighted by molar-refractivity contribution is 7.20. The highest BCUT2D eigenvalue weighted by Gasteiger charge is 2.42. The fourth-order valence-electron chi connectivity index (χ4n) is 5.66. The number of hydrogen-bond acceptors (Lipinski definition) is 8. The van der Waals surface area contributed by atoms with Crippen molar-refractivity contribution in [3.05, 3.63) is 69.6 Å². The summed E-state index contributed by atoms with van der Waals surface area (Å²) in [6, 6.07) is 10.4. The molecule has 4 aromatic rings. The van der Waals surface area contributed by atoms with E-state index in [1.807, 2.05) is 12.1 Å². The quantitative estimate of drug-likeness (QED) is 0.298. The number of hydrogen-bond donors (Lipinski definition) is 1. The van der Waals surface area contributed by atoms with Gasteiger partial charge >= 0.3 is 5.97 Å².